The zero-order chi connectivity index (χ0) is 13.8. The van der Waals surface area contributed by atoms with Gasteiger partial charge in [0.25, 0.3) is 0 Å². The molecule has 0 aliphatic heterocycles. The summed E-state index contributed by atoms with van der Waals surface area (Å²) in [7, 11) is 0. The van der Waals surface area contributed by atoms with E-state index in [4.69, 9.17) is 16.3 Å². The van der Waals surface area contributed by atoms with E-state index in [1.807, 2.05) is 6.92 Å². The van der Waals surface area contributed by atoms with Crippen molar-refractivity contribution in [1.29, 1.82) is 0 Å². The van der Waals surface area contributed by atoms with Gasteiger partial charge in [0.15, 0.2) is 17.5 Å². The minimum Gasteiger partial charge on any atom is -0.374 e. The van der Waals surface area contributed by atoms with E-state index in [1.54, 1.807) is 0 Å². The van der Waals surface area contributed by atoms with Crippen LogP contribution < -0.4 is 0 Å². The minimum absolute atomic E-state index is 0.0436. The average Bonchev–Trinajstić information content (AvgIpc) is 2.39. The Morgan fingerprint density at radius 2 is 2.05 bits per heavy atom. The topological polar surface area (TPSA) is 35.0 Å². The number of hydrogen-bond donors (Lipinski definition) is 0. The first-order valence-electron chi connectivity index (χ1n) is 5.67. The molecule has 0 saturated carbocycles. The number of ether oxygens (including phenoxy) is 1. The second-order valence-electron chi connectivity index (χ2n) is 3.73. The number of rotatable bonds is 4. The van der Waals surface area contributed by atoms with E-state index >= 15 is 0 Å². The molecular formula is C13H11ClF2N2O. The van der Waals surface area contributed by atoms with E-state index < -0.39 is 11.6 Å². The van der Waals surface area contributed by atoms with Gasteiger partial charge in [-0.05, 0) is 19.1 Å². The SMILES string of the molecule is CCOCc1nc(Cl)cc(-c2cccc(F)c2F)n1. The van der Waals surface area contributed by atoms with Crippen molar-refractivity contribution >= 4 is 11.6 Å². The second kappa shape index (κ2) is 6.04. The summed E-state index contributed by atoms with van der Waals surface area (Å²) in [5.74, 6) is -1.56. The zero-order valence-corrected chi connectivity index (χ0v) is 10.9. The van der Waals surface area contributed by atoms with Gasteiger partial charge < -0.3 is 4.74 Å². The number of nitrogens with zero attached hydrogens (tertiary/aromatic N) is 2. The van der Waals surface area contributed by atoms with Crippen molar-refractivity contribution in [1.82, 2.24) is 9.97 Å². The fraction of sp³-hybridized carbons (Fsp3) is 0.231. The van der Waals surface area contributed by atoms with Crippen LogP contribution in [0.2, 0.25) is 5.15 Å². The average molecular weight is 285 g/mol. The summed E-state index contributed by atoms with van der Waals surface area (Å²) in [6, 6.07) is 5.27. The van der Waals surface area contributed by atoms with Crippen LogP contribution in [0.3, 0.4) is 0 Å². The van der Waals surface area contributed by atoms with Gasteiger partial charge in [0, 0.05) is 18.2 Å². The van der Waals surface area contributed by atoms with Crippen molar-refractivity contribution in [2.45, 2.75) is 13.5 Å². The zero-order valence-electron chi connectivity index (χ0n) is 10.2. The Bertz CT molecular complexity index is 593. The third kappa shape index (κ3) is 3.24. The van der Waals surface area contributed by atoms with E-state index in [9.17, 15) is 8.78 Å². The van der Waals surface area contributed by atoms with E-state index in [0.717, 1.165) is 6.07 Å². The Morgan fingerprint density at radius 3 is 2.79 bits per heavy atom. The Kier molecular flexibility index (Phi) is 4.39. The maximum absolute atomic E-state index is 13.7. The summed E-state index contributed by atoms with van der Waals surface area (Å²) >= 11 is 5.85. The van der Waals surface area contributed by atoms with Gasteiger partial charge in [0.2, 0.25) is 0 Å². The number of hydrogen-bond acceptors (Lipinski definition) is 3. The van der Waals surface area contributed by atoms with Gasteiger partial charge in [-0.25, -0.2) is 18.7 Å². The summed E-state index contributed by atoms with van der Waals surface area (Å²) in [6.07, 6.45) is 0. The Morgan fingerprint density at radius 1 is 1.26 bits per heavy atom. The van der Waals surface area contributed by atoms with Crippen LogP contribution in [0.5, 0.6) is 0 Å². The third-order valence-corrected chi connectivity index (χ3v) is 2.60. The molecule has 0 saturated heterocycles. The van der Waals surface area contributed by atoms with Crippen molar-refractivity contribution < 1.29 is 13.5 Å². The molecule has 19 heavy (non-hydrogen) atoms. The molecule has 0 aliphatic rings. The van der Waals surface area contributed by atoms with E-state index in [2.05, 4.69) is 9.97 Å². The molecule has 2 rings (SSSR count). The van der Waals surface area contributed by atoms with E-state index in [1.165, 1.54) is 18.2 Å². The van der Waals surface area contributed by atoms with Crippen molar-refractivity contribution in [2.75, 3.05) is 6.61 Å². The Labute approximate surface area is 114 Å². The van der Waals surface area contributed by atoms with Gasteiger partial charge in [-0.2, -0.15) is 0 Å². The van der Waals surface area contributed by atoms with Crippen LogP contribution in [0.25, 0.3) is 11.3 Å². The lowest BCUT2D eigenvalue weighted by molar-refractivity contribution is 0.128. The first kappa shape index (κ1) is 13.8. The molecule has 1 heterocycles. The number of benzene rings is 1. The molecule has 0 aliphatic carbocycles. The lowest BCUT2D eigenvalue weighted by atomic mass is 10.1. The normalized spacial score (nSPS) is 10.7. The highest BCUT2D eigenvalue weighted by molar-refractivity contribution is 6.29. The first-order chi connectivity index (χ1) is 9.11. The summed E-state index contributed by atoms with van der Waals surface area (Å²) in [4.78, 5) is 8.08. The van der Waals surface area contributed by atoms with E-state index in [-0.39, 0.29) is 23.0 Å². The van der Waals surface area contributed by atoms with Gasteiger partial charge in [-0.15, -0.1) is 0 Å². The van der Waals surface area contributed by atoms with Crippen LogP contribution in [0, 0.1) is 11.6 Å². The predicted octanol–water partition coefficient (Wildman–Crippen LogP) is 3.61. The van der Waals surface area contributed by atoms with Crippen LogP contribution >= 0.6 is 11.6 Å². The van der Waals surface area contributed by atoms with Gasteiger partial charge in [-0.3, -0.25) is 0 Å². The number of aromatic nitrogens is 2. The summed E-state index contributed by atoms with van der Waals surface area (Å²) < 4.78 is 32.1. The van der Waals surface area contributed by atoms with E-state index in [0.29, 0.717) is 12.4 Å². The van der Waals surface area contributed by atoms with Gasteiger partial charge >= 0.3 is 0 Å². The quantitative estimate of drug-likeness (QED) is 0.805. The summed E-state index contributed by atoms with van der Waals surface area (Å²) in [5.41, 5.74) is 0.272. The highest BCUT2D eigenvalue weighted by Gasteiger charge is 2.13. The third-order valence-electron chi connectivity index (χ3n) is 2.40. The molecule has 100 valence electrons. The molecule has 0 N–H and O–H groups in total. The molecule has 0 bridgehead atoms. The number of halogens is 3. The molecule has 0 radical (unpaired) electrons. The standard InChI is InChI=1S/C13H11ClF2N2O/c1-2-19-7-12-17-10(6-11(14)18-12)8-4-3-5-9(15)13(8)16/h3-6H,2,7H2,1H3. The molecule has 0 amide bonds. The van der Waals surface area contributed by atoms with Crippen molar-refractivity contribution in [2.24, 2.45) is 0 Å². The molecule has 1 aromatic heterocycles. The predicted molar refractivity (Wildman–Crippen MR) is 67.7 cm³/mol. The lowest BCUT2D eigenvalue weighted by Gasteiger charge is -2.06. The molecule has 6 heteroatoms. The van der Waals surface area contributed by atoms with Crippen LogP contribution in [-0.2, 0) is 11.3 Å². The first-order valence-corrected chi connectivity index (χ1v) is 6.05. The fourth-order valence-corrected chi connectivity index (χ4v) is 1.76. The van der Waals surface area contributed by atoms with Gasteiger partial charge in [-0.1, -0.05) is 17.7 Å². The maximum atomic E-state index is 13.7. The highest BCUT2D eigenvalue weighted by Crippen LogP contribution is 2.24. The van der Waals surface area contributed by atoms with Crippen molar-refractivity contribution in [3.63, 3.8) is 0 Å². The molecule has 0 unspecified atom stereocenters. The van der Waals surface area contributed by atoms with Crippen LogP contribution in [0.4, 0.5) is 8.78 Å². The van der Waals surface area contributed by atoms with Crippen LogP contribution in [0.15, 0.2) is 24.3 Å². The smallest absolute Gasteiger partial charge is 0.168 e. The molecule has 3 nitrogen and oxygen atoms in total. The largest absolute Gasteiger partial charge is 0.374 e. The molecule has 0 atom stereocenters. The monoisotopic (exact) mass is 284 g/mol. The molecule has 2 aromatic rings. The fourth-order valence-electron chi connectivity index (χ4n) is 1.56. The maximum Gasteiger partial charge on any atom is 0.168 e. The highest BCUT2D eigenvalue weighted by atomic mass is 35.5. The minimum atomic E-state index is -0.959. The molecular weight excluding hydrogens is 274 g/mol. The molecule has 1 aromatic carbocycles. The Balaban J connectivity index is 2.44. The second-order valence-corrected chi connectivity index (χ2v) is 4.12. The summed E-state index contributed by atoms with van der Waals surface area (Å²) in [5, 5.41) is 0.156. The molecule has 0 spiro atoms. The Hall–Kier alpha value is -1.59. The van der Waals surface area contributed by atoms with Gasteiger partial charge in [0.05, 0.1) is 5.69 Å². The lowest BCUT2D eigenvalue weighted by Crippen LogP contribution is -2.01. The molecule has 0 fully saturated rings. The van der Waals surface area contributed by atoms with Crippen LogP contribution in [0.1, 0.15) is 12.7 Å². The van der Waals surface area contributed by atoms with Crippen molar-refractivity contribution in [3.05, 3.63) is 46.9 Å². The summed E-state index contributed by atoms with van der Waals surface area (Å²) in [6.45, 7) is 2.50. The van der Waals surface area contributed by atoms with Crippen molar-refractivity contribution in [3.8, 4) is 11.3 Å². The van der Waals surface area contributed by atoms with Crippen LogP contribution in [-0.4, -0.2) is 16.6 Å². The van der Waals surface area contributed by atoms with Gasteiger partial charge in [0.1, 0.15) is 11.8 Å².